The minimum absolute atomic E-state index is 0.268. The number of carbonyl (C=O) groups is 1. The monoisotopic (exact) mass is 145 g/mol. The van der Waals surface area contributed by atoms with Gasteiger partial charge in [-0.25, -0.2) is 0 Å². The summed E-state index contributed by atoms with van der Waals surface area (Å²) in [6, 6.07) is 0. The highest BCUT2D eigenvalue weighted by atomic mass is 16.4. The van der Waals surface area contributed by atoms with Gasteiger partial charge in [0.25, 0.3) is 0 Å². The van der Waals surface area contributed by atoms with Crippen LogP contribution in [-0.4, -0.2) is 17.6 Å². The zero-order valence-corrected chi connectivity index (χ0v) is 6.34. The molecule has 0 aromatic rings. The number of carboxylic acids is 1. The van der Waals surface area contributed by atoms with Crippen LogP contribution in [0.25, 0.3) is 0 Å². The highest BCUT2D eigenvalue weighted by molar-refractivity contribution is 5.66. The summed E-state index contributed by atoms with van der Waals surface area (Å²) in [6.07, 6.45) is 1.93. The lowest BCUT2D eigenvalue weighted by molar-refractivity contribution is -0.137. The molecule has 3 N–H and O–H groups in total. The first-order chi connectivity index (χ1) is 4.66. The maximum absolute atomic E-state index is 10.0. The molecule has 0 aromatic carbocycles. The van der Waals surface area contributed by atoms with Gasteiger partial charge in [-0.1, -0.05) is 6.92 Å². The number of carboxylic acid groups (broad SMARTS) is 1. The molecular weight excluding hydrogens is 130 g/mol. The van der Waals surface area contributed by atoms with Crippen molar-refractivity contribution < 1.29 is 9.90 Å². The summed E-state index contributed by atoms with van der Waals surface area (Å²) in [5, 5.41) is 8.27. The Morgan fingerprint density at radius 3 is 2.70 bits per heavy atom. The molecule has 0 spiro atoms. The highest BCUT2D eigenvalue weighted by Crippen LogP contribution is 2.05. The predicted octanol–water partition coefficient (Wildman–Crippen LogP) is 0.836. The third-order valence-electron chi connectivity index (χ3n) is 1.49. The number of hydrogen-bond donors (Lipinski definition) is 2. The van der Waals surface area contributed by atoms with Crippen molar-refractivity contribution in [2.24, 2.45) is 11.7 Å². The Labute approximate surface area is 61.2 Å². The Balaban J connectivity index is 3.11. The van der Waals surface area contributed by atoms with E-state index in [9.17, 15) is 4.79 Å². The second-order valence-electron chi connectivity index (χ2n) is 2.63. The van der Waals surface area contributed by atoms with Crippen molar-refractivity contribution in [2.45, 2.75) is 26.2 Å². The predicted molar refractivity (Wildman–Crippen MR) is 39.7 cm³/mol. The molecule has 0 saturated heterocycles. The molecule has 60 valence electrons. The standard InChI is InChI=1S/C7H15NO2/c1-6(5-8)3-2-4-7(9)10/h6H,2-5,8H2,1H3,(H,9,10). The van der Waals surface area contributed by atoms with E-state index in [2.05, 4.69) is 0 Å². The molecule has 0 rings (SSSR count). The lowest BCUT2D eigenvalue weighted by Crippen LogP contribution is -2.10. The SMILES string of the molecule is CC(CN)CCCC(=O)O. The van der Waals surface area contributed by atoms with E-state index in [0.717, 1.165) is 12.8 Å². The van der Waals surface area contributed by atoms with E-state index in [1.807, 2.05) is 6.92 Å². The van der Waals surface area contributed by atoms with Crippen molar-refractivity contribution in [1.82, 2.24) is 0 Å². The van der Waals surface area contributed by atoms with Gasteiger partial charge in [0.1, 0.15) is 0 Å². The van der Waals surface area contributed by atoms with Crippen LogP contribution in [0.4, 0.5) is 0 Å². The van der Waals surface area contributed by atoms with E-state index in [4.69, 9.17) is 10.8 Å². The third kappa shape index (κ3) is 5.56. The van der Waals surface area contributed by atoms with Crippen molar-refractivity contribution in [3.8, 4) is 0 Å². The molecule has 0 aromatic heterocycles. The Bertz CT molecular complexity index is 104. The normalized spacial score (nSPS) is 13.0. The molecule has 3 heteroatoms. The summed E-state index contributed by atoms with van der Waals surface area (Å²) < 4.78 is 0. The van der Waals surface area contributed by atoms with Crippen LogP contribution in [0, 0.1) is 5.92 Å². The van der Waals surface area contributed by atoms with Crippen molar-refractivity contribution in [3.63, 3.8) is 0 Å². The van der Waals surface area contributed by atoms with Crippen molar-refractivity contribution in [3.05, 3.63) is 0 Å². The molecule has 0 saturated carbocycles. The van der Waals surface area contributed by atoms with Crippen LogP contribution < -0.4 is 5.73 Å². The third-order valence-corrected chi connectivity index (χ3v) is 1.49. The zero-order chi connectivity index (χ0) is 7.98. The van der Waals surface area contributed by atoms with Gasteiger partial charge in [-0.3, -0.25) is 4.79 Å². The van der Waals surface area contributed by atoms with E-state index in [-0.39, 0.29) is 6.42 Å². The van der Waals surface area contributed by atoms with Crippen LogP contribution >= 0.6 is 0 Å². The van der Waals surface area contributed by atoms with Gasteiger partial charge in [-0.2, -0.15) is 0 Å². The van der Waals surface area contributed by atoms with Crippen LogP contribution in [0.3, 0.4) is 0 Å². The lowest BCUT2D eigenvalue weighted by atomic mass is 10.0. The second kappa shape index (κ2) is 5.23. The Kier molecular flexibility index (Phi) is 4.94. The summed E-state index contributed by atoms with van der Waals surface area (Å²) in [6.45, 7) is 2.68. The molecule has 1 atom stereocenters. The van der Waals surface area contributed by atoms with Crippen molar-refractivity contribution in [1.29, 1.82) is 0 Å². The quantitative estimate of drug-likeness (QED) is 0.602. The largest absolute Gasteiger partial charge is 0.481 e. The van der Waals surface area contributed by atoms with Gasteiger partial charge in [-0.15, -0.1) is 0 Å². The summed E-state index contributed by atoms with van der Waals surface area (Å²) in [4.78, 5) is 10.0. The number of aliphatic carboxylic acids is 1. The van der Waals surface area contributed by atoms with Gasteiger partial charge in [0, 0.05) is 6.42 Å². The summed E-state index contributed by atoms with van der Waals surface area (Å²) in [5.74, 6) is -0.261. The van der Waals surface area contributed by atoms with Gasteiger partial charge >= 0.3 is 5.97 Å². The first kappa shape index (κ1) is 9.43. The Hall–Kier alpha value is -0.570. The summed E-state index contributed by atoms with van der Waals surface area (Å²) in [5.41, 5.74) is 5.34. The van der Waals surface area contributed by atoms with E-state index in [1.54, 1.807) is 0 Å². The fourth-order valence-corrected chi connectivity index (χ4v) is 0.720. The van der Waals surface area contributed by atoms with Crippen molar-refractivity contribution in [2.75, 3.05) is 6.54 Å². The molecule has 1 unspecified atom stereocenters. The van der Waals surface area contributed by atoms with E-state index >= 15 is 0 Å². The Morgan fingerprint density at radius 2 is 2.30 bits per heavy atom. The molecule has 0 aliphatic rings. The minimum atomic E-state index is -0.718. The highest BCUT2D eigenvalue weighted by Gasteiger charge is 2.00. The number of rotatable bonds is 5. The van der Waals surface area contributed by atoms with Crippen LogP contribution in [0.5, 0.6) is 0 Å². The lowest BCUT2D eigenvalue weighted by Gasteiger charge is -2.04. The molecule has 3 nitrogen and oxygen atoms in total. The van der Waals surface area contributed by atoms with Gasteiger partial charge < -0.3 is 10.8 Å². The molecule has 0 amide bonds. The molecule has 0 aliphatic carbocycles. The second-order valence-corrected chi connectivity index (χ2v) is 2.63. The smallest absolute Gasteiger partial charge is 0.303 e. The van der Waals surface area contributed by atoms with Crippen LogP contribution in [0.2, 0.25) is 0 Å². The molecule has 0 aliphatic heterocycles. The topological polar surface area (TPSA) is 63.3 Å². The first-order valence-electron chi connectivity index (χ1n) is 3.58. The van der Waals surface area contributed by atoms with Crippen LogP contribution in [0.15, 0.2) is 0 Å². The van der Waals surface area contributed by atoms with E-state index in [1.165, 1.54) is 0 Å². The average molecular weight is 145 g/mol. The molecule has 0 bridgehead atoms. The fourth-order valence-electron chi connectivity index (χ4n) is 0.720. The summed E-state index contributed by atoms with van der Waals surface area (Å²) >= 11 is 0. The van der Waals surface area contributed by atoms with E-state index in [0.29, 0.717) is 12.5 Å². The molecule has 0 radical (unpaired) electrons. The summed E-state index contributed by atoms with van der Waals surface area (Å²) in [7, 11) is 0. The maximum Gasteiger partial charge on any atom is 0.303 e. The van der Waals surface area contributed by atoms with Crippen LogP contribution in [-0.2, 0) is 4.79 Å². The average Bonchev–Trinajstić information content (AvgIpc) is 1.87. The van der Waals surface area contributed by atoms with Crippen molar-refractivity contribution >= 4 is 5.97 Å². The van der Waals surface area contributed by atoms with Gasteiger partial charge in [0.2, 0.25) is 0 Å². The number of hydrogen-bond acceptors (Lipinski definition) is 2. The molecule has 0 fully saturated rings. The van der Waals surface area contributed by atoms with Gasteiger partial charge in [-0.05, 0) is 25.3 Å². The molecule has 0 heterocycles. The minimum Gasteiger partial charge on any atom is -0.481 e. The zero-order valence-electron chi connectivity index (χ0n) is 6.34. The number of nitrogens with two attached hydrogens (primary N) is 1. The van der Waals surface area contributed by atoms with Gasteiger partial charge in [0.05, 0.1) is 0 Å². The first-order valence-corrected chi connectivity index (χ1v) is 3.58. The van der Waals surface area contributed by atoms with E-state index < -0.39 is 5.97 Å². The van der Waals surface area contributed by atoms with Crippen LogP contribution in [0.1, 0.15) is 26.2 Å². The molecule has 10 heavy (non-hydrogen) atoms. The Morgan fingerprint density at radius 1 is 1.70 bits per heavy atom. The maximum atomic E-state index is 10.0. The molecular formula is C7H15NO2. The fraction of sp³-hybridized carbons (Fsp3) is 0.857. The van der Waals surface area contributed by atoms with Gasteiger partial charge in [0.15, 0.2) is 0 Å².